The van der Waals surface area contributed by atoms with Gasteiger partial charge in [0, 0.05) is 18.0 Å². The van der Waals surface area contributed by atoms with Gasteiger partial charge in [0.15, 0.2) is 6.10 Å². The van der Waals surface area contributed by atoms with E-state index in [1.807, 2.05) is 12.3 Å². The summed E-state index contributed by atoms with van der Waals surface area (Å²) >= 11 is 0. The number of aliphatic hydroxyl groups excluding tert-OH is 2. The zero-order valence-corrected chi connectivity index (χ0v) is 11.0. The Kier molecular flexibility index (Phi) is 4.35. The number of hydrogen-bond donors (Lipinski definition) is 2. The number of benzene rings is 1. The number of aliphatic hydroxyl groups is 2. The van der Waals surface area contributed by atoms with Crippen LogP contribution in [0.15, 0.2) is 36.7 Å². The molecule has 2 unspecified atom stereocenters. The summed E-state index contributed by atoms with van der Waals surface area (Å²) in [5, 5.41) is 32.0. The van der Waals surface area contributed by atoms with Gasteiger partial charge in [-0.25, -0.2) is 0 Å². The van der Waals surface area contributed by atoms with Crippen LogP contribution in [-0.4, -0.2) is 33.2 Å². The number of ether oxygens (including phenoxy) is 1. The molecule has 6 nitrogen and oxygen atoms in total. The fraction of sp³-hybridized carbons (Fsp3) is 0.286. The molecular formula is C14H15N3O3. The van der Waals surface area contributed by atoms with Crippen molar-refractivity contribution in [1.29, 1.82) is 5.26 Å². The SMILES string of the molecule is COc1ccc(C(O)C(O)C#N)cc1Cn1cccn1. The Morgan fingerprint density at radius 3 is 2.85 bits per heavy atom. The van der Waals surface area contributed by atoms with Crippen LogP contribution < -0.4 is 4.74 Å². The minimum absolute atomic E-state index is 0.460. The highest BCUT2D eigenvalue weighted by molar-refractivity contribution is 5.38. The van der Waals surface area contributed by atoms with Gasteiger partial charge >= 0.3 is 0 Å². The predicted molar refractivity (Wildman–Crippen MR) is 70.9 cm³/mol. The van der Waals surface area contributed by atoms with Crippen LogP contribution in [0.5, 0.6) is 5.75 Å². The quantitative estimate of drug-likeness (QED) is 0.788. The van der Waals surface area contributed by atoms with E-state index in [-0.39, 0.29) is 0 Å². The fourth-order valence-corrected chi connectivity index (χ4v) is 1.93. The van der Waals surface area contributed by atoms with Gasteiger partial charge < -0.3 is 14.9 Å². The Bertz CT molecular complexity index is 605. The average molecular weight is 273 g/mol. The highest BCUT2D eigenvalue weighted by atomic mass is 16.5. The molecule has 0 bridgehead atoms. The van der Waals surface area contributed by atoms with Gasteiger partial charge in [0.05, 0.1) is 19.7 Å². The van der Waals surface area contributed by atoms with Crippen molar-refractivity contribution in [3.8, 4) is 11.8 Å². The molecule has 0 saturated carbocycles. The fourth-order valence-electron chi connectivity index (χ4n) is 1.93. The second-order valence-corrected chi connectivity index (χ2v) is 4.29. The van der Waals surface area contributed by atoms with Crippen molar-refractivity contribution in [3.63, 3.8) is 0 Å². The largest absolute Gasteiger partial charge is 0.496 e. The van der Waals surface area contributed by atoms with E-state index in [9.17, 15) is 10.2 Å². The van der Waals surface area contributed by atoms with Crippen molar-refractivity contribution in [2.24, 2.45) is 0 Å². The highest BCUT2D eigenvalue weighted by Crippen LogP contribution is 2.25. The van der Waals surface area contributed by atoms with Crippen molar-refractivity contribution in [3.05, 3.63) is 47.8 Å². The zero-order chi connectivity index (χ0) is 14.5. The number of aromatic nitrogens is 2. The minimum atomic E-state index is -1.46. The minimum Gasteiger partial charge on any atom is -0.496 e. The molecule has 0 saturated heterocycles. The molecule has 1 aromatic heterocycles. The van der Waals surface area contributed by atoms with E-state index in [1.54, 1.807) is 42.3 Å². The van der Waals surface area contributed by atoms with Gasteiger partial charge in [-0.1, -0.05) is 6.07 Å². The molecule has 0 aliphatic heterocycles. The van der Waals surface area contributed by atoms with Gasteiger partial charge in [0.25, 0.3) is 0 Å². The molecule has 2 aromatic rings. The molecule has 1 aromatic carbocycles. The standard InChI is InChI=1S/C14H15N3O3/c1-20-13-4-3-10(14(19)12(18)8-15)7-11(13)9-17-6-2-5-16-17/h2-7,12,14,18-19H,9H2,1H3. The third kappa shape index (κ3) is 2.96. The lowest BCUT2D eigenvalue weighted by Gasteiger charge is -2.15. The lowest BCUT2D eigenvalue weighted by atomic mass is 10.0. The molecule has 2 atom stereocenters. The summed E-state index contributed by atoms with van der Waals surface area (Å²) in [6.45, 7) is 0.472. The molecule has 0 amide bonds. The van der Waals surface area contributed by atoms with Crippen LogP contribution in [0, 0.1) is 11.3 Å². The zero-order valence-electron chi connectivity index (χ0n) is 11.0. The van der Waals surface area contributed by atoms with Crippen LogP contribution in [0.3, 0.4) is 0 Å². The lowest BCUT2D eigenvalue weighted by molar-refractivity contribution is 0.0527. The molecule has 2 N–H and O–H groups in total. The van der Waals surface area contributed by atoms with Gasteiger partial charge in [-0.3, -0.25) is 4.68 Å². The van der Waals surface area contributed by atoms with E-state index in [4.69, 9.17) is 10.00 Å². The molecule has 2 rings (SSSR count). The second-order valence-electron chi connectivity index (χ2n) is 4.29. The van der Waals surface area contributed by atoms with E-state index in [1.165, 1.54) is 0 Å². The first kappa shape index (κ1) is 14.1. The summed E-state index contributed by atoms with van der Waals surface area (Å²) in [6, 6.07) is 8.44. The molecule has 1 heterocycles. The Hall–Kier alpha value is -2.36. The van der Waals surface area contributed by atoms with Crippen LogP contribution in [0.2, 0.25) is 0 Å². The molecule has 104 valence electrons. The van der Waals surface area contributed by atoms with E-state index in [0.29, 0.717) is 17.9 Å². The number of rotatable bonds is 5. The van der Waals surface area contributed by atoms with Gasteiger partial charge in [-0.15, -0.1) is 0 Å². The van der Waals surface area contributed by atoms with E-state index < -0.39 is 12.2 Å². The Morgan fingerprint density at radius 1 is 1.45 bits per heavy atom. The number of hydrogen-bond acceptors (Lipinski definition) is 5. The Labute approximate surface area is 116 Å². The Balaban J connectivity index is 2.31. The van der Waals surface area contributed by atoms with Crippen molar-refractivity contribution >= 4 is 0 Å². The summed E-state index contributed by atoms with van der Waals surface area (Å²) in [5.41, 5.74) is 1.26. The average Bonchev–Trinajstić information content (AvgIpc) is 2.98. The number of nitriles is 1. The summed E-state index contributed by atoms with van der Waals surface area (Å²) in [5.74, 6) is 0.655. The predicted octanol–water partition coefficient (Wildman–Crippen LogP) is 0.858. The van der Waals surface area contributed by atoms with Gasteiger partial charge in [-0.05, 0) is 23.8 Å². The molecule has 0 fully saturated rings. The maximum atomic E-state index is 9.87. The van der Waals surface area contributed by atoms with Crippen LogP contribution >= 0.6 is 0 Å². The topological polar surface area (TPSA) is 91.3 Å². The number of methoxy groups -OCH3 is 1. The van der Waals surface area contributed by atoms with Crippen molar-refractivity contribution < 1.29 is 14.9 Å². The highest BCUT2D eigenvalue weighted by Gasteiger charge is 2.19. The third-order valence-electron chi connectivity index (χ3n) is 2.97. The van der Waals surface area contributed by atoms with Crippen molar-refractivity contribution in [1.82, 2.24) is 9.78 Å². The van der Waals surface area contributed by atoms with E-state index in [0.717, 1.165) is 5.56 Å². The molecule has 0 radical (unpaired) electrons. The lowest BCUT2D eigenvalue weighted by Crippen LogP contribution is -2.16. The maximum absolute atomic E-state index is 9.87. The maximum Gasteiger partial charge on any atom is 0.170 e. The van der Waals surface area contributed by atoms with Crippen LogP contribution in [-0.2, 0) is 6.54 Å². The van der Waals surface area contributed by atoms with Crippen LogP contribution in [0.25, 0.3) is 0 Å². The van der Waals surface area contributed by atoms with E-state index in [2.05, 4.69) is 5.10 Å². The van der Waals surface area contributed by atoms with Crippen molar-refractivity contribution in [2.75, 3.05) is 7.11 Å². The van der Waals surface area contributed by atoms with Gasteiger partial charge in [0.2, 0.25) is 0 Å². The molecule has 0 spiro atoms. The van der Waals surface area contributed by atoms with Crippen molar-refractivity contribution in [2.45, 2.75) is 18.8 Å². The second kappa shape index (κ2) is 6.19. The van der Waals surface area contributed by atoms with Crippen LogP contribution in [0.4, 0.5) is 0 Å². The smallest absolute Gasteiger partial charge is 0.170 e. The summed E-state index contributed by atoms with van der Waals surface area (Å²) in [7, 11) is 1.56. The normalized spacial score (nSPS) is 13.5. The Morgan fingerprint density at radius 2 is 2.25 bits per heavy atom. The monoisotopic (exact) mass is 273 g/mol. The molecule has 6 heteroatoms. The summed E-state index contributed by atoms with van der Waals surface area (Å²) < 4.78 is 6.98. The van der Waals surface area contributed by atoms with Gasteiger partial charge in [0.1, 0.15) is 11.9 Å². The molecule has 0 aliphatic carbocycles. The van der Waals surface area contributed by atoms with Gasteiger partial charge in [-0.2, -0.15) is 10.4 Å². The molecule has 20 heavy (non-hydrogen) atoms. The van der Waals surface area contributed by atoms with E-state index >= 15 is 0 Å². The molecule has 0 aliphatic rings. The summed E-state index contributed by atoms with van der Waals surface area (Å²) in [4.78, 5) is 0. The first-order chi connectivity index (χ1) is 9.65. The summed E-state index contributed by atoms with van der Waals surface area (Å²) in [6.07, 6.45) is 0.778. The first-order valence-corrected chi connectivity index (χ1v) is 6.05. The first-order valence-electron chi connectivity index (χ1n) is 6.05. The van der Waals surface area contributed by atoms with Crippen LogP contribution in [0.1, 0.15) is 17.2 Å². The number of nitrogens with zero attached hydrogens (tertiary/aromatic N) is 3. The molecular weight excluding hydrogens is 258 g/mol. The third-order valence-corrected chi connectivity index (χ3v) is 2.97.